The van der Waals surface area contributed by atoms with Crippen LogP contribution < -0.4 is 0 Å². The zero-order valence-corrected chi connectivity index (χ0v) is 17.1. The number of rotatable bonds is 5. The molecule has 146 valence electrons. The van der Waals surface area contributed by atoms with E-state index in [-0.39, 0.29) is 5.60 Å². The van der Waals surface area contributed by atoms with Crippen molar-refractivity contribution in [3.8, 4) is 0 Å². The Morgan fingerprint density at radius 3 is 2.03 bits per heavy atom. The van der Waals surface area contributed by atoms with Crippen molar-refractivity contribution in [1.82, 2.24) is 0 Å². The maximum Gasteiger partial charge on any atom is 0.0971 e. The van der Waals surface area contributed by atoms with Crippen molar-refractivity contribution in [1.29, 1.82) is 0 Å². The Hall–Kier alpha value is -2.86. The van der Waals surface area contributed by atoms with E-state index in [1.54, 1.807) is 0 Å². The van der Waals surface area contributed by atoms with Crippen molar-refractivity contribution >= 4 is 5.57 Å². The van der Waals surface area contributed by atoms with Gasteiger partial charge in [0.1, 0.15) is 0 Å². The van der Waals surface area contributed by atoms with Crippen LogP contribution in [0, 0.1) is 6.92 Å². The molecule has 3 aromatic rings. The summed E-state index contributed by atoms with van der Waals surface area (Å²) >= 11 is 0. The molecule has 1 atom stereocenters. The fourth-order valence-corrected chi connectivity index (χ4v) is 4.08. The lowest BCUT2D eigenvalue weighted by molar-refractivity contribution is -0.0818. The lowest BCUT2D eigenvalue weighted by Crippen LogP contribution is -2.33. The predicted octanol–water partition coefficient (Wildman–Crippen LogP) is 7.07. The summed E-state index contributed by atoms with van der Waals surface area (Å²) in [6, 6.07) is 29.9. The summed E-state index contributed by atoms with van der Waals surface area (Å²) in [5.74, 6) is 0. The van der Waals surface area contributed by atoms with Gasteiger partial charge < -0.3 is 4.74 Å². The van der Waals surface area contributed by atoms with Crippen molar-refractivity contribution in [2.24, 2.45) is 0 Å². The van der Waals surface area contributed by atoms with E-state index < -0.39 is 0 Å². The zero-order chi connectivity index (χ0) is 19.9. The maximum absolute atomic E-state index is 6.40. The minimum Gasteiger partial charge on any atom is -0.370 e. The third kappa shape index (κ3) is 4.59. The molecule has 1 heteroatoms. The Labute approximate surface area is 174 Å². The van der Waals surface area contributed by atoms with Gasteiger partial charge in [0.05, 0.1) is 5.60 Å². The van der Waals surface area contributed by atoms with E-state index in [0.717, 1.165) is 31.4 Å². The Morgan fingerprint density at radius 1 is 0.862 bits per heavy atom. The number of ether oxygens (including phenoxy) is 1. The Kier molecular flexibility index (Phi) is 6.10. The van der Waals surface area contributed by atoms with Crippen molar-refractivity contribution < 1.29 is 4.74 Å². The van der Waals surface area contributed by atoms with E-state index in [1.165, 1.54) is 28.7 Å². The van der Waals surface area contributed by atoms with Gasteiger partial charge in [-0.3, -0.25) is 0 Å². The van der Waals surface area contributed by atoms with Crippen molar-refractivity contribution in [2.75, 3.05) is 6.61 Å². The quantitative estimate of drug-likeness (QED) is 0.430. The monoisotopic (exact) mass is 380 g/mol. The summed E-state index contributed by atoms with van der Waals surface area (Å²) < 4.78 is 6.40. The third-order valence-corrected chi connectivity index (χ3v) is 5.73. The van der Waals surface area contributed by atoms with E-state index in [0.29, 0.717) is 0 Å². The molecule has 0 bridgehead atoms. The molecule has 0 radical (unpaired) electrons. The van der Waals surface area contributed by atoms with Crippen molar-refractivity contribution in [2.45, 2.75) is 38.2 Å². The zero-order valence-electron chi connectivity index (χ0n) is 17.1. The molecule has 0 aromatic heterocycles. The lowest BCUT2D eigenvalue weighted by atomic mass is 9.83. The molecule has 1 unspecified atom stereocenters. The van der Waals surface area contributed by atoms with Crippen LogP contribution in [-0.2, 0) is 10.3 Å². The molecular formula is C28H28O. The second kappa shape index (κ2) is 9.09. The molecular weight excluding hydrogens is 352 g/mol. The third-order valence-electron chi connectivity index (χ3n) is 5.73. The molecule has 29 heavy (non-hydrogen) atoms. The first kappa shape index (κ1) is 19.5. The molecule has 0 aliphatic carbocycles. The first-order chi connectivity index (χ1) is 14.3. The molecule has 1 fully saturated rings. The van der Waals surface area contributed by atoms with Crippen LogP contribution in [0.5, 0.6) is 0 Å². The average molecular weight is 381 g/mol. The predicted molar refractivity (Wildman–Crippen MR) is 121 cm³/mol. The molecule has 4 rings (SSSR count). The molecule has 0 N–H and O–H groups in total. The summed E-state index contributed by atoms with van der Waals surface area (Å²) in [4.78, 5) is 0. The summed E-state index contributed by atoms with van der Waals surface area (Å²) in [5.41, 5.74) is 9.44. The SMILES string of the molecule is Cc1ccc(C2(CC=C=C(c3ccccc3)c3ccccc3)CCCCO2)cc1. The second-order valence-electron chi connectivity index (χ2n) is 7.83. The van der Waals surface area contributed by atoms with Gasteiger partial charge in [0, 0.05) is 18.6 Å². The number of hydrogen-bond donors (Lipinski definition) is 0. The standard InChI is InChI=1S/C28H28O/c1-23-16-18-26(19-17-23)28(20-8-9-22-29-28)21-10-15-27(24-11-4-2-5-12-24)25-13-6-3-7-14-25/h2-7,10-14,16-19H,8-9,20-22H2,1H3. The van der Waals surface area contributed by atoms with Gasteiger partial charge in [-0.15, -0.1) is 5.73 Å². The van der Waals surface area contributed by atoms with Crippen LogP contribution in [-0.4, -0.2) is 6.61 Å². The summed E-state index contributed by atoms with van der Waals surface area (Å²) in [5, 5.41) is 0. The second-order valence-corrected chi connectivity index (χ2v) is 7.83. The highest BCUT2D eigenvalue weighted by atomic mass is 16.5. The van der Waals surface area contributed by atoms with Crippen LogP contribution in [0.15, 0.2) is 96.7 Å². The van der Waals surface area contributed by atoms with Gasteiger partial charge in [0.25, 0.3) is 0 Å². The molecule has 0 amide bonds. The van der Waals surface area contributed by atoms with Crippen LogP contribution in [0.25, 0.3) is 5.57 Å². The van der Waals surface area contributed by atoms with Gasteiger partial charge in [-0.2, -0.15) is 0 Å². The topological polar surface area (TPSA) is 9.23 Å². The van der Waals surface area contributed by atoms with Gasteiger partial charge in [0.2, 0.25) is 0 Å². The molecule has 1 saturated heterocycles. The highest BCUT2D eigenvalue weighted by molar-refractivity contribution is 5.79. The van der Waals surface area contributed by atoms with Crippen LogP contribution in [0.4, 0.5) is 0 Å². The minimum absolute atomic E-state index is 0.239. The summed E-state index contributed by atoms with van der Waals surface area (Å²) in [6.45, 7) is 2.96. The van der Waals surface area contributed by atoms with E-state index in [1.807, 2.05) is 0 Å². The molecule has 3 aromatic carbocycles. The van der Waals surface area contributed by atoms with Gasteiger partial charge in [0.15, 0.2) is 0 Å². The highest BCUT2D eigenvalue weighted by Gasteiger charge is 2.34. The fourth-order valence-electron chi connectivity index (χ4n) is 4.08. The first-order valence-electron chi connectivity index (χ1n) is 10.5. The normalized spacial score (nSPS) is 18.7. The Morgan fingerprint density at radius 2 is 1.48 bits per heavy atom. The van der Waals surface area contributed by atoms with Gasteiger partial charge in [-0.05, 0) is 49.0 Å². The summed E-state index contributed by atoms with van der Waals surface area (Å²) in [7, 11) is 0. The Balaban J connectivity index is 1.71. The van der Waals surface area contributed by atoms with Crippen LogP contribution >= 0.6 is 0 Å². The minimum atomic E-state index is -0.239. The maximum atomic E-state index is 6.40. The average Bonchev–Trinajstić information content (AvgIpc) is 2.79. The fraction of sp³-hybridized carbons (Fsp3) is 0.250. The smallest absolute Gasteiger partial charge is 0.0971 e. The van der Waals surface area contributed by atoms with Crippen molar-refractivity contribution in [3.63, 3.8) is 0 Å². The first-order valence-corrected chi connectivity index (χ1v) is 10.5. The number of benzene rings is 3. The molecule has 1 heterocycles. The largest absolute Gasteiger partial charge is 0.370 e. The van der Waals surface area contributed by atoms with Gasteiger partial charge >= 0.3 is 0 Å². The molecule has 1 aliphatic rings. The van der Waals surface area contributed by atoms with Crippen LogP contribution in [0.2, 0.25) is 0 Å². The van der Waals surface area contributed by atoms with Crippen molar-refractivity contribution in [3.05, 3.63) is 119 Å². The van der Waals surface area contributed by atoms with E-state index in [4.69, 9.17) is 4.74 Å². The summed E-state index contributed by atoms with van der Waals surface area (Å²) in [6.07, 6.45) is 6.42. The lowest BCUT2D eigenvalue weighted by Gasteiger charge is -2.37. The van der Waals surface area contributed by atoms with E-state index in [2.05, 4.69) is 104 Å². The number of hydrogen-bond acceptors (Lipinski definition) is 1. The van der Waals surface area contributed by atoms with E-state index >= 15 is 0 Å². The molecule has 1 nitrogen and oxygen atoms in total. The highest BCUT2D eigenvalue weighted by Crippen LogP contribution is 2.38. The molecule has 0 spiro atoms. The van der Waals surface area contributed by atoms with E-state index in [9.17, 15) is 0 Å². The van der Waals surface area contributed by atoms with Gasteiger partial charge in [-0.1, -0.05) is 90.5 Å². The number of aryl methyl sites for hydroxylation is 1. The van der Waals surface area contributed by atoms with Gasteiger partial charge in [-0.25, -0.2) is 0 Å². The Bertz CT molecular complexity index is 930. The molecule has 0 saturated carbocycles. The van der Waals surface area contributed by atoms with Crippen LogP contribution in [0.3, 0.4) is 0 Å². The van der Waals surface area contributed by atoms with Crippen LogP contribution in [0.1, 0.15) is 47.9 Å². The molecule has 1 aliphatic heterocycles.